The van der Waals surface area contributed by atoms with Crippen molar-refractivity contribution in [2.45, 2.75) is 40.0 Å². The first-order valence-electron chi connectivity index (χ1n) is 5.49. The van der Waals surface area contributed by atoms with E-state index in [1.807, 2.05) is 11.8 Å². The van der Waals surface area contributed by atoms with Crippen LogP contribution in [0.15, 0.2) is 33.3 Å². The molecule has 0 nitrogen and oxygen atoms in total. The minimum atomic E-state index is 1.17. The molecule has 0 aromatic heterocycles. The van der Waals surface area contributed by atoms with Gasteiger partial charge in [-0.3, -0.25) is 0 Å². The maximum absolute atomic E-state index is 2.38. The Morgan fingerprint density at radius 3 is 2.43 bits per heavy atom. The molecule has 0 atom stereocenters. The average Bonchev–Trinajstić information content (AvgIpc) is 2.74. The zero-order chi connectivity index (χ0) is 10.1. The Bertz CT molecular complexity index is 342. The molecule has 0 unspecified atom stereocenters. The first-order valence-corrected chi connectivity index (χ1v) is 6.37. The molecule has 14 heavy (non-hydrogen) atoms. The van der Waals surface area contributed by atoms with Crippen molar-refractivity contribution < 1.29 is 0 Å². The second-order valence-corrected chi connectivity index (χ2v) is 4.66. The van der Waals surface area contributed by atoms with Crippen LogP contribution in [0, 0.1) is 5.75 Å². The molecule has 2 aliphatic rings. The van der Waals surface area contributed by atoms with Gasteiger partial charge in [0, 0.05) is 0 Å². The van der Waals surface area contributed by atoms with Gasteiger partial charge in [-0.05, 0) is 46.5 Å². The predicted octanol–water partition coefficient (Wildman–Crippen LogP) is 4.62. The van der Waals surface area contributed by atoms with Gasteiger partial charge in [-0.2, -0.15) is 0 Å². The van der Waals surface area contributed by atoms with Crippen molar-refractivity contribution in [2.75, 3.05) is 0 Å². The molecule has 0 bridgehead atoms. The summed E-state index contributed by atoms with van der Waals surface area (Å²) >= 11 is 1.92. The van der Waals surface area contributed by atoms with E-state index in [0.29, 0.717) is 0 Å². The first kappa shape index (κ1) is 10.1. The van der Waals surface area contributed by atoms with Crippen LogP contribution in [0.1, 0.15) is 40.0 Å². The summed E-state index contributed by atoms with van der Waals surface area (Å²) in [6.07, 6.45) is 5.90. The van der Waals surface area contributed by atoms with Gasteiger partial charge in [0.1, 0.15) is 0 Å². The van der Waals surface area contributed by atoms with E-state index < -0.39 is 0 Å². The molecular weight excluding hydrogens is 188 g/mol. The summed E-state index contributed by atoms with van der Waals surface area (Å²) in [4.78, 5) is 1.57. The largest absolute Gasteiger partial charge is 0.120 e. The number of hydrogen-bond acceptors (Lipinski definition) is 1. The van der Waals surface area contributed by atoms with Gasteiger partial charge in [-0.15, -0.1) is 11.8 Å². The van der Waals surface area contributed by atoms with Gasteiger partial charge in [0.25, 0.3) is 0 Å². The molecule has 1 aliphatic heterocycles. The quantitative estimate of drug-likeness (QED) is 0.648. The first-order chi connectivity index (χ1) is 6.81. The van der Waals surface area contributed by atoms with Gasteiger partial charge in [0.05, 0.1) is 5.75 Å². The van der Waals surface area contributed by atoms with Gasteiger partial charge >= 0.3 is 0 Å². The molecule has 1 radical (unpaired) electrons. The van der Waals surface area contributed by atoms with E-state index in [-0.39, 0.29) is 0 Å². The van der Waals surface area contributed by atoms with Gasteiger partial charge in [-0.25, -0.2) is 0 Å². The van der Waals surface area contributed by atoms with Crippen LogP contribution in [-0.2, 0) is 0 Å². The molecule has 2 rings (SSSR count). The summed E-state index contributed by atoms with van der Waals surface area (Å²) in [5, 5.41) is 0. The number of rotatable bonds is 3. The van der Waals surface area contributed by atoms with Crippen LogP contribution in [0.25, 0.3) is 0 Å². The lowest BCUT2D eigenvalue weighted by atomic mass is 9.99. The lowest BCUT2D eigenvalue weighted by molar-refractivity contribution is 1.04. The topological polar surface area (TPSA) is 0 Å². The van der Waals surface area contributed by atoms with E-state index in [1.165, 1.54) is 24.8 Å². The Balaban J connectivity index is 2.46. The molecule has 0 N–H and O–H groups in total. The van der Waals surface area contributed by atoms with Gasteiger partial charge in [0.2, 0.25) is 0 Å². The van der Waals surface area contributed by atoms with Crippen LogP contribution in [-0.4, -0.2) is 0 Å². The summed E-state index contributed by atoms with van der Waals surface area (Å²) in [5.41, 5.74) is 6.19. The molecule has 0 saturated carbocycles. The zero-order valence-electron chi connectivity index (χ0n) is 9.18. The maximum Gasteiger partial charge on any atom is 0.0511 e. The smallest absolute Gasteiger partial charge is 0.0511 e. The molecule has 0 fully saturated rings. The van der Waals surface area contributed by atoms with Crippen molar-refractivity contribution in [1.29, 1.82) is 0 Å². The Labute approximate surface area is 91.2 Å². The third kappa shape index (κ3) is 1.38. The second kappa shape index (κ2) is 3.98. The van der Waals surface area contributed by atoms with Crippen molar-refractivity contribution in [3.63, 3.8) is 0 Å². The van der Waals surface area contributed by atoms with E-state index in [1.54, 1.807) is 21.6 Å². The standard InChI is InChI=1S/C13H17S/c1-4-9-7-10-8-14-12(6-3)13(10)11(9)5-2/h7-8H,4-6H2,1-3H3. The molecule has 0 amide bonds. The molecule has 0 saturated heterocycles. The van der Waals surface area contributed by atoms with Crippen molar-refractivity contribution >= 4 is 11.8 Å². The molecule has 0 aromatic rings. The van der Waals surface area contributed by atoms with E-state index in [9.17, 15) is 0 Å². The van der Waals surface area contributed by atoms with Crippen LogP contribution in [0.3, 0.4) is 0 Å². The number of fused-ring (bicyclic) bond motifs is 1. The van der Waals surface area contributed by atoms with Gasteiger partial charge in [0.15, 0.2) is 0 Å². The lowest BCUT2D eigenvalue weighted by Gasteiger charge is -2.07. The highest BCUT2D eigenvalue weighted by Gasteiger charge is 2.27. The van der Waals surface area contributed by atoms with Crippen LogP contribution < -0.4 is 0 Å². The minimum Gasteiger partial charge on any atom is -0.120 e. The SMILES string of the molecule is CCC1=C(CC)C2=C(CC)S[CH]C2=C1. The Hall–Kier alpha value is -0.430. The summed E-state index contributed by atoms with van der Waals surface area (Å²) in [5.74, 6) is 2.31. The van der Waals surface area contributed by atoms with E-state index >= 15 is 0 Å². The van der Waals surface area contributed by atoms with Gasteiger partial charge < -0.3 is 0 Å². The van der Waals surface area contributed by atoms with E-state index in [4.69, 9.17) is 0 Å². The van der Waals surface area contributed by atoms with Crippen LogP contribution >= 0.6 is 11.8 Å². The molecule has 1 heterocycles. The van der Waals surface area contributed by atoms with Crippen LogP contribution in [0.5, 0.6) is 0 Å². The highest BCUT2D eigenvalue weighted by Crippen LogP contribution is 2.49. The number of thioether (sulfide) groups is 1. The van der Waals surface area contributed by atoms with Crippen LogP contribution in [0.2, 0.25) is 0 Å². The predicted molar refractivity (Wildman–Crippen MR) is 64.9 cm³/mol. The zero-order valence-corrected chi connectivity index (χ0v) is 10.0. The van der Waals surface area contributed by atoms with Crippen molar-refractivity contribution in [3.8, 4) is 0 Å². The van der Waals surface area contributed by atoms with Crippen LogP contribution in [0.4, 0.5) is 0 Å². The Kier molecular flexibility index (Phi) is 2.87. The normalized spacial score (nSPS) is 20.6. The molecule has 1 heteroatoms. The fourth-order valence-corrected chi connectivity index (χ4v) is 3.26. The fourth-order valence-electron chi connectivity index (χ4n) is 2.28. The number of hydrogen-bond donors (Lipinski definition) is 0. The van der Waals surface area contributed by atoms with E-state index in [0.717, 1.165) is 0 Å². The molecule has 1 aliphatic carbocycles. The second-order valence-electron chi connectivity index (χ2n) is 3.70. The third-order valence-electron chi connectivity index (χ3n) is 2.97. The average molecular weight is 205 g/mol. The van der Waals surface area contributed by atoms with Crippen molar-refractivity contribution in [3.05, 3.63) is 39.0 Å². The monoisotopic (exact) mass is 205 g/mol. The highest BCUT2D eigenvalue weighted by atomic mass is 32.2. The van der Waals surface area contributed by atoms with E-state index in [2.05, 4.69) is 32.6 Å². The lowest BCUT2D eigenvalue weighted by Crippen LogP contribution is -1.88. The Morgan fingerprint density at radius 1 is 1.07 bits per heavy atom. The maximum atomic E-state index is 2.38. The summed E-state index contributed by atoms with van der Waals surface area (Å²) in [6.45, 7) is 6.77. The molecule has 0 spiro atoms. The van der Waals surface area contributed by atoms with Gasteiger partial charge in [-0.1, -0.05) is 26.8 Å². The van der Waals surface area contributed by atoms with Crippen molar-refractivity contribution in [1.82, 2.24) is 0 Å². The fraction of sp³-hybridized carbons (Fsp3) is 0.462. The molecular formula is C13H17S. The van der Waals surface area contributed by atoms with Crippen molar-refractivity contribution in [2.24, 2.45) is 0 Å². The highest BCUT2D eigenvalue weighted by molar-refractivity contribution is 8.05. The summed E-state index contributed by atoms with van der Waals surface area (Å²) < 4.78 is 0. The molecule has 0 aromatic carbocycles. The number of allylic oxidation sites excluding steroid dienone is 5. The third-order valence-corrected chi connectivity index (χ3v) is 4.12. The molecule has 75 valence electrons. The Morgan fingerprint density at radius 2 is 1.86 bits per heavy atom. The minimum absolute atomic E-state index is 1.17. The summed E-state index contributed by atoms with van der Waals surface area (Å²) in [6, 6.07) is 0. The summed E-state index contributed by atoms with van der Waals surface area (Å²) in [7, 11) is 0.